The summed E-state index contributed by atoms with van der Waals surface area (Å²) < 4.78 is 14.3. The summed E-state index contributed by atoms with van der Waals surface area (Å²) in [4.78, 5) is 12.5. The van der Waals surface area contributed by atoms with Crippen molar-refractivity contribution in [3.8, 4) is 0 Å². The van der Waals surface area contributed by atoms with Crippen LogP contribution in [0.4, 0.5) is 10.1 Å². The standard InChI is InChI=1S/C15H20BrFN2O/c1-15(2,10-5-4-8-18-9-10)14(20)19-13-11(16)6-3-7-12(13)17/h3,6-7,10,18H,4-5,8-9H2,1-2H3,(H,19,20). The Morgan fingerprint density at radius 1 is 1.50 bits per heavy atom. The van der Waals surface area contributed by atoms with Crippen molar-refractivity contribution in [3.05, 3.63) is 28.5 Å². The fourth-order valence-corrected chi connectivity index (χ4v) is 2.99. The number of piperidine rings is 1. The Balaban J connectivity index is 2.14. The highest BCUT2D eigenvalue weighted by atomic mass is 79.9. The summed E-state index contributed by atoms with van der Waals surface area (Å²) in [6.07, 6.45) is 2.09. The van der Waals surface area contributed by atoms with E-state index in [1.807, 2.05) is 13.8 Å². The van der Waals surface area contributed by atoms with Crippen LogP contribution in [0.1, 0.15) is 26.7 Å². The number of benzene rings is 1. The lowest BCUT2D eigenvalue weighted by atomic mass is 9.74. The monoisotopic (exact) mass is 342 g/mol. The summed E-state index contributed by atoms with van der Waals surface area (Å²) in [5.41, 5.74) is -0.316. The second-order valence-electron chi connectivity index (χ2n) is 5.82. The Morgan fingerprint density at radius 3 is 2.85 bits per heavy atom. The molecule has 5 heteroatoms. The topological polar surface area (TPSA) is 41.1 Å². The average Bonchev–Trinajstić information content (AvgIpc) is 2.43. The van der Waals surface area contributed by atoms with Gasteiger partial charge in [-0.25, -0.2) is 4.39 Å². The maximum absolute atomic E-state index is 13.8. The summed E-state index contributed by atoms with van der Waals surface area (Å²) in [5, 5.41) is 6.05. The molecule has 1 aliphatic rings. The van der Waals surface area contributed by atoms with Crippen molar-refractivity contribution in [3.63, 3.8) is 0 Å². The zero-order chi connectivity index (χ0) is 14.8. The number of hydrogen-bond donors (Lipinski definition) is 2. The molecule has 2 rings (SSSR count). The van der Waals surface area contributed by atoms with Crippen LogP contribution in [0, 0.1) is 17.2 Å². The first-order valence-corrected chi connectivity index (χ1v) is 7.68. The molecule has 0 radical (unpaired) electrons. The van der Waals surface area contributed by atoms with E-state index in [9.17, 15) is 9.18 Å². The lowest BCUT2D eigenvalue weighted by Gasteiger charge is -2.36. The van der Waals surface area contributed by atoms with Gasteiger partial charge in [-0.2, -0.15) is 0 Å². The molecule has 1 aromatic rings. The molecule has 0 bridgehead atoms. The molecule has 1 heterocycles. The molecule has 0 spiro atoms. The van der Waals surface area contributed by atoms with E-state index in [2.05, 4.69) is 26.6 Å². The number of carbonyl (C=O) groups excluding carboxylic acids is 1. The summed E-state index contributed by atoms with van der Waals surface area (Å²) in [5.74, 6) is -0.302. The Kier molecular flexibility index (Phi) is 4.81. The predicted molar refractivity (Wildman–Crippen MR) is 82.1 cm³/mol. The average molecular weight is 343 g/mol. The molecule has 3 nitrogen and oxygen atoms in total. The third-order valence-electron chi connectivity index (χ3n) is 4.10. The second-order valence-corrected chi connectivity index (χ2v) is 6.67. The van der Waals surface area contributed by atoms with Crippen molar-refractivity contribution in [2.75, 3.05) is 18.4 Å². The molecule has 1 aliphatic heterocycles. The van der Waals surface area contributed by atoms with Gasteiger partial charge in [0.05, 0.1) is 5.69 Å². The Hall–Kier alpha value is -0.940. The molecule has 1 aromatic carbocycles. The van der Waals surface area contributed by atoms with Crippen LogP contribution in [-0.2, 0) is 4.79 Å². The quantitative estimate of drug-likeness (QED) is 0.881. The number of hydrogen-bond acceptors (Lipinski definition) is 2. The van der Waals surface area contributed by atoms with Crippen LogP contribution < -0.4 is 10.6 Å². The lowest BCUT2D eigenvalue weighted by Crippen LogP contribution is -2.45. The molecule has 1 saturated heterocycles. The second kappa shape index (κ2) is 6.22. The van der Waals surface area contributed by atoms with E-state index in [0.717, 1.165) is 25.9 Å². The first kappa shape index (κ1) is 15.4. The molecule has 110 valence electrons. The number of nitrogens with one attached hydrogen (secondary N) is 2. The van der Waals surface area contributed by atoms with Gasteiger partial charge in [-0.3, -0.25) is 4.79 Å². The molecule has 1 fully saturated rings. The highest BCUT2D eigenvalue weighted by Crippen LogP contribution is 2.34. The molecule has 0 saturated carbocycles. The maximum Gasteiger partial charge on any atom is 0.230 e. The number of amides is 1. The fourth-order valence-electron chi connectivity index (χ4n) is 2.55. The molecule has 1 amide bonds. The minimum absolute atomic E-state index is 0.142. The Morgan fingerprint density at radius 2 is 2.25 bits per heavy atom. The SMILES string of the molecule is CC(C)(C(=O)Nc1c(F)cccc1Br)C1CCCNC1. The molecule has 1 unspecified atom stereocenters. The third-order valence-corrected chi connectivity index (χ3v) is 4.76. The van der Waals surface area contributed by atoms with Gasteiger partial charge in [0.25, 0.3) is 0 Å². The van der Waals surface area contributed by atoms with Crippen molar-refractivity contribution in [1.82, 2.24) is 5.32 Å². The highest BCUT2D eigenvalue weighted by molar-refractivity contribution is 9.10. The van der Waals surface area contributed by atoms with Gasteiger partial charge < -0.3 is 10.6 Å². The molecular weight excluding hydrogens is 323 g/mol. The Labute approximate surface area is 127 Å². The smallest absolute Gasteiger partial charge is 0.230 e. The number of anilines is 1. The van der Waals surface area contributed by atoms with Crippen LogP contribution in [0.25, 0.3) is 0 Å². The number of rotatable bonds is 3. The van der Waals surface area contributed by atoms with Crippen molar-refractivity contribution in [2.45, 2.75) is 26.7 Å². The minimum atomic E-state index is -0.533. The molecule has 0 aliphatic carbocycles. The van der Waals surface area contributed by atoms with Gasteiger partial charge in [0.2, 0.25) is 5.91 Å². The molecule has 0 aromatic heterocycles. The van der Waals surface area contributed by atoms with E-state index < -0.39 is 11.2 Å². The summed E-state index contributed by atoms with van der Waals surface area (Å²) >= 11 is 3.27. The normalized spacial score (nSPS) is 19.7. The number of para-hydroxylation sites is 1. The van der Waals surface area contributed by atoms with Gasteiger partial charge in [-0.05, 0) is 59.9 Å². The third kappa shape index (κ3) is 3.20. The number of carbonyl (C=O) groups is 1. The fraction of sp³-hybridized carbons (Fsp3) is 0.533. The zero-order valence-corrected chi connectivity index (χ0v) is 13.4. The summed E-state index contributed by atoms with van der Waals surface area (Å²) in [7, 11) is 0. The molecular formula is C15H20BrFN2O. The van der Waals surface area contributed by atoms with Gasteiger partial charge in [0.15, 0.2) is 0 Å². The largest absolute Gasteiger partial charge is 0.322 e. The summed E-state index contributed by atoms with van der Waals surface area (Å²) in [6.45, 7) is 5.69. The van der Waals surface area contributed by atoms with Crippen LogP contribution in [0.2, 0.25) is 0 Å². The summed E-state index contributed by atoms with van der Waals surface area (Å²) in [6, 6.07) is 4.66. The van der Waals surface area contributed by atoms with Crippen LogP contribution >= 0.6 is 15.9 Å². The highest BCUT2D eigenvalue weighted by Gasteiger charge is 2.37. The van der Waals surface area contributed by atoms with E-state index >= 15 is 0 Å². The van der Waals surface area contributed by atoms with E-state index in [4.69, 9.17) is 0 Å². The van der Waals surface area contributed by atoms with Crippen LogP contribution in [0.3, 0.4) is 0 Å². The molecule has 2 N–H and O–H groups in total. The maximum atomic E-state index is 13.8. The minimum Gasteiger partial charge on any atom is -0.322 e. The molecule has 20 heavy (non-hydrogen) atoms. The van der Waals surface area contributed by atoms with Crippen LogP contribution in [-0.4, -0.2) is 19.0 Å². The lowest BCUT2D eigenvalue weighted by molar-refractivity contribution is -0.127. The van der Waals surface area contributed by atoms with Gasteiger partial charge in [0, 0.05) is 9.89 Å². The van der Waals surface area contributed by atoms with Crippen LogP contribution in [0.15, 0.2) is 22.7 Å². The van der Waals surface area contributed by atoms with Crippen molar-refractivity contribution < 1.29 is 9.18 Å². The van der Waals surface area contributed by atoms with Gasteiger partial charge >= 0.3 is 0 Å². The van der Waals surface area contributed by atoms with E-state index in [1.54, 1.807) is 12.1 Å². The van der Waals surface area contributed by atoms with Crippen LogP contribution in [0.5, 0.6) is 0 Å². The van der Waals surface area contributed by atoms with Gasteiger partial charge in [-0.1, -0.05) is 19.9 Å². The van der Waals surface area contributed by atoms with E-state index in [1.165, 1.54) is 6.07 Å². The first-order chi connectivity index (χ1) is 9.43. The first-order valence-electron chi connectivity index (χ1n) is 6.89. The Bertz CT molecular complexity index is 478. The van der Waals surface area contributed by atoms with Crippen molar-refractivity contribution >= 4 is 27.5 Å². The van der Waals surface area contributed by atoms with E-state index in [0.29, 0.717) is 4.47 Å². The zero-order valence-electron chi connectivity index (χ0n) is 11.8. The number of halogens is 2. The van der Waals surface area contributed by atoms with Gasteiger partial charge in [0.1, 0.15) is 5.82 Å². The van der Waals surface area contributed by atoms with E-state index in [-0.39, 0.29) is 17.5 Å². The van der Waals surface area contributed by atoms with Crippen molar-refractivity contribution in [1.29, 1.82) is 0 Å². The predicted octanol–water partition coefficient (Wildman–Crippen LogP) is 3.55. The van der Waals surface area contributed by atoms with Crippen molar-refractivity contribution in [2.24, 2.45) is 11.3 Å². The van der Waals surface area contributed by atoms with Gasteiger partial charge in [-0.15, -0.1) is 0 Å². The molecule has 1 atom stereocenters.